The van der Waals surface area contributed by atoms with Gasteiger partial charge in [0.15, 0.2) is 0 Å². The van der Waals surface area contributed by atoms with Crippen LogP contribution in [0.3, 0.4) is 0 Å². The monoisotopic (exact) mass is 648 g/mol. The van der Waals surface area contributed by atoms with Crippen LogP contribution in [0.5, 0.6) is 0 Å². The molecule has 51 heavy (non-hydrogen) atoms. The molecule has 0 nitrogen and oxygen atoms in total. The summed E-state index contributed by atoms with van der Waals surface area (Å²) in [5, 5.41) is 7.68. The third-order valence-corrected chi connectivity index (χ3v) is 11.2. The van der Waals surface area contributed by atoms with Crippen molar-refractivity contribution in [3.63, 3.8) is 0 Å². The van der Waals surface area contributed by atoms with E-state index in [4.69, 9.17) is 0 Å². The fraction of sp³-hybridized carbons (Fsp3) is 0.0588. The fourth-order valence-electron chi connectivity index (χ4n) is 8.76. The Kier molecular flexibility index (Phi) is 6.63. The van der Waals surface area contributed by atoms with E-state index in [2.05, 4.69) is 196 Å². The Hall–Kier alpha value is -6.24. The van der Waals surface area contributed by atoms with E-state index in [0.29, 0.717) is 0 Å². The molecule has 0 heteroatoms. The lowest BCUT2D eigenvalue weighted by atomic mass is 9.81. The van der Waals surface area contributed by atoms with E-state index in [9.17, 15) is 0 Å². The average molecular weight is 649 g/mol. The number of hydrogen-bond acceptors (Lipinski definition) is 0. The highest BCUT2D eigenvalue weighted by atomic mass is 14.4. The summed E-state index contributed by atoms with van der Waals surface area (Å²) < 4.78 is 0. The van der Waals surface area contributed by atoms with Crippen LogP contribution < -0.4 is 0 Å². The first-order valence-electron chi connectivity index (χ1n) is 17.9. The minimum atomic E-state index is -0.0646. The highest BCUT2D eigenvalue weighted by Crippen LogP contribution is 2.53. The van der Waals surface area contributed by atoms with Crippen LogP contribution in [0.15, 0.2) is 182 Å². The van der Waals surface area contributed by atoms with Crippen LogP contribution >= 0.6 is 0 Å². The van der Waals surface area contributed by atoms with Gasteiger partial charge in [0.05, 0.1) is 0 Å². The van der Waals surface area contributed by atoms with Crippen molar-refractivity contribution in [2.45, 2.75) is 19.3 Å². The molecule has 0 amide bonds. The van der Waals surface area contributed by atoms with Crippen LogP contribution in [0.25, 0.3) is 88.0 Å². The minimum Gasteiger partial charge on any atom is -0.0622 e. The Bertz CT molecular complexity index is 2740. The van der Waals surface area contributed by atoms with E-state index in [1.54, 1.807) is 0 Å². The predicted octanol–water partition coefficient (Wildman–Crippen LogP) is 14.1. The third kappa shape index (κ3) is 4.60. The summed E-state index contributed by atoms with van der Waals surface area (Å²) in [5.74, 6) is 0. The van der Waals surface area contributed by atoms with Crippen molar-refractivity contribution in [2.24, 2.45) is 0 Å². The highest BCUT2D eigenvalue weighted by molar-refractivity contribution is 6.21. The van der Waals surface area contributed by atoms with Gasteiger partial charge >= 0.3 is 0 Å². The molecule has 0 N–H and O–H groups in total. The van der Waals surface area contributed by atoms with Gasteiger partial charge in [-0.1, -0.05) is 178 Å². The molecular weight excluding hydrogens is 613 g/mol. The Balaban J connectivity index is 1.14. The number of fused-ring (bicyclic) bond motifs is 6. The lowest BCUT2D eigenvalue weighted by Gasteiger charge is -2.22. The topological polar surface area (TPSA) is 0 Å². The lowest BCUT2D eigenvalue weighted by Crippen LogP contribution is -2.14. The van der Waals surface area contributed by atoms with Gasteiger partial charge in [-0.2, -0.15) is 0 Å². The molecule has 1 aliphatic carbocycles. The first-order valence-corrected chi connectivity index (χ1v) is 17.9. The van der Waals surface area contributed by atoms with E-state index in [-0.39, 0.29) is 5.41 Å². The van der Waals surface area contributed by atoms with Crippen molar-refractivity contribution in [1.29, 1.82) is 0 Å². The average Bonchev–Trinajstić information content (AvgIpc) is 3.41. The summed E-state index contributed by atoms with van der Waals surface area (Å²) >= 11 is 0. The quantitative estimate of drug-likeness (QED) is 0.167. The zero-order valence-electron chi connectivity index (χ0n) is 28.8. The van der Waals surface area contributed by atoms with E-state index in [1.165, 1.54) is 99.1 Å². The second-order valence-corrected chi connectivity index (χ2v) is 14.5. The van der Waals surface area contributed by atoms with E-state index >= 15 is 0 Å². The van der Waals surface area contributed by atoms with Gasteiger partial charge in [0, 0.05) is 5.41 Å². The summed E-state index contributed by atoms with van der Waals surface area (Å²) in [4.78, 5) is 0. The van der Waals surface area contributed by atoms with Crippen molar-refractivity contribution in [1.82, 2.24) is 0 Å². The molecule has 0 heterocycles. The number of benzene rings is 9. The summed E-state index contributed by atoms with van der Waals surface area (Å²) in [6.07, 6.45) is 0. The first-order chi connectivity index (χ1) is 25.1. The van der Waals surface area contributed by atoms with Crippen molar-refractivity contribution in [2.75, 3.05) is 0 Å². The maximum Gasteiger partial charge on any atom is 0.0159 e. The number of hydrogen-bond donors (Lipinski definition) is 0. The molecule has 0 fully saturated rings. The Morgan fingerprint density at radius 1 is 0.294 bits per heavy atom. The molecule has 0 bridgehead atoms. The van der Waals surface area contributed by atoms with Gasteiger partial charge < -0.3 is 0 Å². The predicted molar refractivity (Wildman–Crippen MR) is 218 cm³/mol. The summed E-state index contributed by atoms with van der Waals surface area (Å²) in [7, 11) is 0. The molecule has 0 radical (unpaired) electrons. The molecule has 10 rings (SSSR count). The molecule has 0 atom stereocenters. The van der Waals surface area contributed by atoms with Gasteiger partial charge in [0.25, 0.3) is 0 Å². The second kappa shape index (κ2) is 11.4. The maximum atomic E-state index is 2.41. The maximum absolute atomic E-state index is 2.41. The van der Waals surface area contributed by atoms with Gasteiger partial charge in [0.1, 0.15) is 0 Å². The SMILES string of the molecule is CC1(C)c2cc3ccccc3cc2-c2c(-c3ccc(-c4c5ccccc5c(-c5cccc(-c6ccccc6)c5)c5ccccc45)cc3)cccc21. The zero-order valence-corrected chi connectivity index (χ0v) is 28.8. The van der Waals surface area contributed by atoms with Crippen molar-refractivity contribution in [3.8, 4) is 55.6 Å². The normalized spacial score (nSPS) is 13.1. The lowest BCUT2D eigenvalue weighted by molar-refractivity contribution is 0.661. The molecule has 0 spiro atoms. The van der Waals surface area contributed by atoms with E-state index < -0.39 is 0 Å². The molecule has 9 aromatic rings. The molecule has 0 aromatic heterocycles. The smallest absolute Gasteiger partial charge is 0.0159 e. The number of rotatable bonds is 4. The molecule has 240 valence electrons. The van der Waals surface area contributed by atoms with E-state index in [1.807, 2.05) is 0 Å². The van der Waals surface area contributed by atoms with Crippen LogP contribution in [0.2, 0.25) is 0 Å². The van der Waals surface area contributed by atoms with Crippen molar-refractivity contribution >= 4 is 32.3 Å². The van der Waals surface area contributed by atoms with Gasteiger partial charge in [-0.05, 0) is 117 Å². The van der Waals surface area contributed by atoms with Gasteiger partial charge in [-0.25, -0.2) is 0 Å². The third-order valence-electron chi connectivity index (χ3n) is 11.2. The first kappa shape index (κ1) is 29.7. The van der Waals surface area contributed by atoms with Crippen LogP contribution in [-0.2, 0) is 5.41 Å². The van der Waals surface area contributed by atoms with E-state index in [0.717, 1.165) is 0 Å². The van der Waals surface area contributed by atoms with Gasteiger partial charge in [-0.15, -0.1) is 0 Å². The van der Waals surface area contributed by atoms with Gasteiger partial charge in [0.2, 0.25) is 0 Å². The highest BCUT2D eigenvalue weighted by Gasteiger charge is 2.37. The van der Waals surface area contributed by atoms with Crippen molar-refractivity contribution < 1.29 is 0 Å². The summed E-state index contributed by atoms with van der Waals surface area (Å²) in [6.45, 7) is 4.74. The largest absolute Gasteiger partial charge is 0.0622 e. The molecule has 0 unspecified atom stereocenters. The van der Waals surface area contributed by atoms with Crippen molar-refractivity contribution in [3.05, 3.63) is 193 Å². The minimum absolute atomic E-state index is 0.0646. The second-order valence-electron chi connectivity index (χ2n) is 14.5. The Morgan fingerprint density at radius 3 is 1.47 bits per heavy atom. The molecule has 0 saturated carbocycles. The molecule has 1 aliphatic rings. The van der Waals surface area contributed by atoms with Crippen LogP contribution in [0.4, 0.5) is 0 Å². The Labute approximate surface area is 299 Å². The fourth-order valence-corrected chi connectivity index (χ4v) is 8.76. The summed E-state index contributed by atoms with van der Waals surface area (Å²) in [5.41, 5.74) is 15.5. The molecule has 9 aromatic carbocycles. The molecule has 0 aliphatic heterocycles. The van der Waals surface area contributed by atoms with Gasteiger partial charge in [-0.3, -0.25) is 0 Å². The molecular formula is C51H36. The Morgan fingerprint density at radius 2 is 0.804 bits per heavy atom. The van der Waals surface area contributed by atoms with Crippen LogP contribution in [0, 0.1) is 0 Å². The zero-order chi connectivity index (χ0) is 34.1. The van der Waals surface area contributed by atoms with Crippen LogP contribution in [-0.4, -0.2) is 0 Å². The van der Waals surface area contributed by atoms with Crippen LogP contribution in [0.1, 0.15) is 25.0 Å². The standard InChI is InChI=1S/C51H36/c1-51(2)46-25-13-24-40(50(46)45-31-37-16-6-7-17-38(37)32-47(45)51)34-26-28-35(29-27-34)48-41-20-8-10-22-43(41)49(44-23-11-9-21-42(44)48)39-19-12-18-36(30-39)33-14-4-3-5-15-33/h3-32H,1-2H3. The summed E-state index contributed by atoms with van der Waals surface area (Å²) in [6, 6.07) is 67.3. The molecule has 0 saturated heterocycles.